The quantitative estimate of drug-likeness (QED) is 0.840. The van der Waals surface area contributed by atoms with Gasteiger partial charge in [0.1, 0.15) is 0 Å². The summed E-state index contributed by atoms with van der Waals surface area (Å²) in [5, 5.41) is 0.624. The standard InChI is InChI=1S/C12H16ClN3S/c1-4-10(7(2)3)16-11-9(15-12(16)17)5-8(13)6-14-11/h5-7,10H,4H2,1-3H3,(H,15,17). The van der Waals surface area contributed by atoms with Crippen molar-refractivity contribution in [1.82, 2.24) is 14.5 Å². The van der Waals surface area contributed by atoms with E-state index in [0.717, 1.165) is 22.4 Å². The van der Waals surface area contributed by atoms with Gasteiger partial charge in [-0.1, -0.05) is 32.4 Å². The fraction of sp³-hybridized carbons (Fsp3) is 0.500. The lowest BCUT2D eigenvalue weighted by Crippen LogP contribution is -2.14. The summed E-state index contributed by atoms with van der Waals surface area (Å²) in [4.78, 5) is 7.55. The fourth-order valence-corrected chi connectivity index (χ4v) is 2.74. The van der Waals surface area contributed by atoms with Crippen LogP contribution in [0.2, 0.25) is 5.02 Å². The van der Waals surface area contributed by atoms with Crippen LogP contribution in [0.3, 0.4) is 0 Å². The number of H-pyrrole nitrogens is 1. The number of fused-ring (bicyclic) bond motifs is 1. The van der Waals surface area contributed by atoms with E-state index in [1.54, 1.807) is 6.20 Å². The monoisotopic (exact) mass is 269 g/mol. The van der Waals surface area contributed by atoms with E-state index in [4.69, 9.17) is 23.8 Å². The van der Waals surface area contributed by atoms with Crippen LogP contribution >= 0.6 is 23.8 Å². The van der Waals surface area contributed by atoms with Crippen molar-refractivity contribution in [2.45, 2.75) is 33.2 Å². The molecule has 0 fully saturated rings. The minimum Gasteiger partial charge on any atom is -0.329 e. The Hall–Kier alpha value is -0.870. The van der Waals surface area contributed by atoms with Gasteiger partial charge >= 0.3 is 0 Å². The fourth-order valence-electron chi connectivity index (χ4n) is 2.25. The van der Waals surface area contributed by atoms with Gasteiger partial charge in [0.05, 0.1) is 10.5 Å². The summed E-state index contributed by atoms with van der Waals surface area (Å²) in [6.07, 6.45) is 2.69. The van der Waals surface area contributed by atoms with Gasteiger partial charge in [0.2, 0.25) is 0 Å². The Morgan fingerprint density at radius 3 is 2.82 bits per heavy atom. The number of rotatable bonds is 3. The first kappa shape index (κ1) is 12.6. The molecule has 1 N–H and O–H groups in total. The summed E-state index contributed by atoms with van der Waals surface area (Å²) < 4.78 is 2.82. The molecule has 0 saturated carbocycles. The number of aromatic amines is 1. The third kappa shape index (κ3) is 2.24. The minimum absolute atomic E-state index is 0.366. The van der Waals surface area contributed by atoms with Crippen LogP contribution in [0.5, 0.6) is 0 Å². The van der Waals surface area contributed by atoms with Gasteiger partial charge in [-0.15, -0.1) is 0 Å². The number of nitrogens with one attached hydrogen (secondary N) is 1. The molecule has 0 radical (unpaired) electrons. The van der Waals surface area contributed by atoms with Gasteiger partial charge in [0, 0.05) is 12.2 Å². The molecule has 0 spiro atoms. The molecule has 0 aliphatic carbocycles. The number of nitrogens with zero attached hydrogens (tertiary/aromatic N) is 2. The lowest BCUT2D eigenvalue weighted by molar-refractivity contribution is 0.369. The van der Waals surface area contributed by atoms with Crippen LogP contribution in [0.25, 0.3) is 11.2 Å². The van der Waals surface area contributed by atoms with Gasteiger partial charge < -0.3 is 4.98 Å². The molecule has 0 aliphatic heterocycles. The lowest BCUT2D eigenvalue weighted by atomic mass is 10.0. The average Bonchev–Trinajstić information content (AvgIpc) is 2.55. The highest BCUT2D eigenvalue weighted by molar-refractivity contribution is 7.71. The summed E-state index contributed by atoms with van der Waals surface area (Å²) in [5.41, 5.74) is 1.79. The van der Waals surface area contributed by atoms with E-state index in [1.807, 2.05) is 6.07 Å². The second-order valence-corrected chi connectivity index (χ2v) is 5.37. The van der Waals surface area contributed by atoms with Crippen molar-refractivity contribution in [1.29, 1.82) is 0 Å². The molecule has 0 aromatic carbocycles. The summed E-state index contributed by atoms with van der Waals surface area (Å²) in [5.74, 6) is 0.517. The molecule has 2 heterocycles. The lowest BCUT2D eigenvalue weighted by Gasteiger charge is -2.21. The number of hydrogen-bond acceptors (Lipinski definition) is 2. The highest BCUT2D eigenvalue weighted by atomic mass is 35.5. The van der Waals surface area contributed by atoms with Crippen LogP contribution in [0, 0.1) is 10.7 Å². The van der Waals surface area contributed by atoms with Crippen molar-refractivity contribution < 1.29 is 0 Å². The van der Waals surface area contributed by atoms with Gasteiger partial charge in [-0.05, 0) is 30.6 Å². The second kappa shape index (κ2) is 4.78. The zero-order valence-corrected chi connectivity index (χ0v) is 11.8. The van der Waals surface area contributed by atoms with Gasteiger partial charge in [-0.3, -0.25) is 4.57 Å². The van der Waals surface area contributed by atoms with E-state index >= 15 is 0 Å². The highest BCUT2D eigenvalue weighted by Crippen LogP contribution is 2.26. The summed E-state index contributed by atoms with van der Waals surface area (Å²) in [7, 11) is 0. The highest BCUT2D eigenvalue weighted by Gasteiger charge is 2.18. The Balaban J connectivity index is 2.68. The predicted octanol–water partition coefficient (Wildman–Crippen LogP) is 4.35. The maximum absolute atomic E-state index is 5.93. The van der Waals surface area contributed by atoms with E-state index in [-0.39, 0.29) is 0 Å². The van der Waals surface area contributed by atoms with Crippen LogP contribution in [0.4, 0.5) is 0 Å². The van der Waals surface area contributed by atoms with E-state index in [9.17, 15) is 0 Å². The first-order valence-corrected chi connectivity index (χ1v) is 6.59. The number of imidazole rings is 1. The van der Waals surface area contributed by atoms with Crippen molar-refractivity contribution in [3.05, 3.63) is 22.1 Å². The molecule has 1 unspecified atom stereocenters. The van der Waals surface area contributed by atoms with E-state index in [1.165, 1.54) is 0 Å². The molecule has 2 aromatic heterocycles. The molecule has 0 bridgehead atoms. The normalized spacial score (nSPS) is 13.5. The van der Waals surface area contributed by atoms with Crippen molar-refractivity contribution in [3.63, 3.8) is 0 Å². The Kier molecular flexibility index (Phi) is 3.54. The largest absolute Gasteiger partial charge is 0.329 e. The van der Waals surface area contributed by atoms with Crippen LogP contribution in [-0.2, 0) is 0 Å². The molecule has 0 aliphatic rings. The molecular weight excluding hydrogens is 254 g/mol. The SMILES string of the molecule is CCC(C(C)C)n1c(=S)[nH]c2cc(Cl)cnc21. The van der Waals surface area contributed by atoms with Crippen LogP contribution in [-0.4, -0.2) is 14.5 Å². The second-order valence-electron chi connectivity index (χ2n) is 4.54. The van der Waals surface area contributed by atoms with Gasteiger partial charge in [0.25, 0.3) is 0 Å². The zero-order valence-electron chi connectivity index (χ0n) is 10.2. The molecule has 0 saturated heterocycles. The van der Waals surface area contributed by atoms with Gasteiger partial charge in [-0.2, -0.15) is 0 Å². The van der Waals surface area contributed by atoms with E-state index in [2.05, 4.69) is 35.3 Å². The minimum atomic E-state index is 0.366. The van der Waals surface area contributed by atoms with Gasteiger partial charge in [0.15, 0.2) is 10.4 Å². The van der Waals surface area contributed by atoms with Crippen molar-refractivity contribution in [2.24, 2.45) is 5.92 Å². The molecule has 2 rings (SSSR count). The van der Waals surface area contributed by atoms with Crippen molar-refractivity contribution >= 4 is 35.0 Å². The third-order valence-electron chi connectivity index (χ3n) is 3.04. The molecule has 0 amide bonds. The van der Waals surface area contributed by atoms with Crippen molar-refractivity contribution in [3.8, 4) is 0 Å². The maximum Gasteiger partial charge on any atom is 0.179 e. The summed E-state index contributed by atoms with van der Waals surface area (Å²) in [6, 6.07) is 2.23. The van der Waals surface area contributed by atoms with Crippen LogP contribution in [0.15, 0.2) is 12.3 Å². The Morgan fingerprint density at radius 2 is 2.24 bits per heavy atom. The first-order chi connectivity index (χ1) is 8.04. The Bertz CT molecular complexity index is 585. The topological polar surface area (TPSA) is 33.6 Å². The molecule has 2 aromatic rings. The molecule has 5 heteroatoms. The maximum atomic E-state index is 5.93. The first-order valence-electron chi connectivity index (χ1n) is 5.80. The van der Waals surface area contributed by atoms with Crippen LogP contribution in [0.1, 0.15) is 33.2 Å². The number of aromatic nitrogens is 3. The molecule has 92 valence electrons. The molecule has 17 heavy (non-hydrogen) atoms. The number of pyridine rings is 1. The van der Waals surface area contributed by atoms with E-state index < -0.39 is 0 Å². The van der Waals surface area contributed by atoms with Crippen LogP contribution < -0.4 is 0 Å². The number of hydrogen-bond donors (Lipinski definition) is 1. The average molecular weight is 270 g/mol. The molecular formula is C12H16ClN3S. The third-order valence-corrected chi connectivity index (χ3v) is 3.55. The smallest absolute Gasteiger partial charge is 0.179 e. The zero-order chi connectivity index (χ0) is 12.6. The van der Waals surface area contributed by atoms with Gasteiger partial charge in [-0.25, -0.2) is 4.98 Å². The number of halogens is 1. The molecule has 1 atom stereocenters. The Labute approximate surface area is 111 Å². The van der Waals surface area contributed by atoms with Crippen molar-refractivity contribution in [2.75, 3.05) is 0 Å². The van der Waals surface area contributed by atoms with E-state index in [0.29, 0.717) is 17.0 Å². The predicted molar refractivity (Wildman–Crippen MR) is 74.1 cm³/mol. The summed E-state index contributed by atoms with van der Waals surface area (Å²) >= 11 is 11.3. The summed E-state index contributed by atoms with van der Waals surface area (Å²) in [6.45, 7) is 6.57. The Morgan fingerprint density at radius 1 is 1.53 bits per heavy atom. The molecule has 3 nitrogen and oxygen atoms in total.